The van der Waals surface area contributed by atoms with Crippen LogP contribution in [0.15, 0.2) is 23.6 Å². The summed E-state index contributed by atoms with van der Waals surface area (Å²) in [5.41, 5.74) is 1.25. The van der Waals surface area contributed by atoms with Crippen LogP contribution in [0.2, 0.25) is 4.34 Å². The molecule has 74 valence electrons. The smallest absolute Gasteiger partial charge is 0.102 e. The Morgan fingerprint density at radius 1 is 1.29 bits per heavy atom. The Labute approximate surface area is 101 Å². The molecule has 2 aromatic heterocycles. The Morgan fingerprint density at radius 3 is 2.57 bits per heavy atom. The second kappa shape index (κ2) is 4.23. The summed E-state index contributed by atoms with van der Waals surface area (Å²) < 4.78 is 0.792. The predicted octanol–water partition coefficient (Wildman–Crippen LogP) is 5.10. The van der Waals surface area contributed by atoms with Gasteiger partial charge in [0, 0.05) is 9.75 Å². The van der Waals surface area contributed by atoms with Gasteiger partial charge in [-0.3, -0.25) is 0 Å². The maximum atomic E-state index is 6.35. The minimum absolute atomic E-state index is 0.0486. The summed E-state index contributed by atoms with van der Waals surface area (Å²) in [5, 5.41) is 2.02. The van der Waals surface area contributed by atoms with Gasteiger partial charge in [0.05, 0.1) is 4.34 Å². The molecule has 0 nitrogen and oxygen atoms in total. The Kier molecular flexibility index (Phi) is 3.17. The zero-order valence-corrected chi connectivity index (χ0v) is 10.6. The van der Waals surface area contributed by atoms with E-state index in [1.54, 1.807) is 22.7 Å². The normalized spacial score (nSPS) is 13.1. The molecular formula is C10H8Cl2S2. The maximum Gasteiger partial charge on any atom is 0.102 e. The molecule has 0 amide bonds. The standard InChI is InChI=1S/C10H8Cl2S2/c1-6-4-5-13-10(6)9(12)7-2-3-8(11)14-7/h2-5,9H,1H3. The van der Waals surface area contributed by atoms with Gasteiger partial charge in [0.25, 0.3) is 0 Å². The lowest BCUT2D eigenvalue weighted by Crippen LogP contribution is -1.87. The highest BCUT2D eigenvalue weighted by atomic mass is 35.5. The Hall–Kier alpha value is -0.0200. The van der Waals surface area contributed by atoms with Gasteiger partial charge in [0.2, 0.25) is 0 Å². The fourth-order valence-electron chi connectivity index (χ4n) is 1.24. The van der Waals surface area contributed by atoms with Gasteiger partial charge in [-0.2, -0.15) is 0 Å². The molecule has 1 atom stereocenters. The highest BCUT2D eigenvalue weighted by Crippen LogP contribution is 2.38. The number of thiophene rings is 2. The van der Waals surface area contributed by atoms with Gasteiger partial charge in [-0.25, -0.2) is 0 Å². The van der Waals surface area contributed by atoms with Crippen molar-refractivity contribution in [2.24, 2.45) is 0 Å². The van der Waals surface area contributed by atoms with Crippen molar-refractivity contribution in [2.45, 2.75) is 12.3 Å². The lowest BCUT2D eigenvalue weighted by molar-refractivity contribution is 1.20. The summed E-state index contributed by atoms with van der Waals surface area (Å²) in [5.74, 6) is 0. The van der Waals surface area contributed by atoms with E-state index in [0.717, 1.165) is 9.21 Å². The summed E-state index contributed by atoms with van der Waals surface area (Å²) in [6.07, 6.45) is 0. The fraction of sp³-hybridized carbons (Fsp3) is 0.200. The molecule has 0 aliphatic carbocycles. The number of aryl methyl sites for hydroxylation is 1. The summed E-state index contributed by atoms with van der Waals surface area (Å²) in [6.45, 7) is 2.08. The molecule has 0 aliphatic heterocycles. The molecule has 2 heterocycles. The molecule has 1 unspecified atom stereocenters. The van der Waals surface area contributed by atoms with Crippen molar-refractivity contribution in [1.29, 1.82) is 0 Å². The van der Waals surface area contributed by atoms with E-state index >= 15 is 0 Å². The van der Waals surface area contributed by atoms with Crippen molar-refractivity contribution in [3.8, 4) is 0 Å². The van der Waals surface area contributed by atoms with Crippen molar-refractivity contribution >= 4 is 45.9 Å². The third kappa shape index (κ3) is 1.98. The van der Waals surface area contributed by atoms with Crippen LogP contribution in [0.3, 0.4) is 0 Å². The molecule has 0 saturated carbocycles. The monoisotopic (exact) mass is 262 g/mol. The number of alkyl halides is 1. The van der Waals surface area contributed by atoms with E-state index in [0.29, 0.717) is 0 Å². The molecule has 14 heavy (non-hydrogen) atoms. The van der Waals surface area contributed by atoms with E-state index in [-0.39, 0.29) is 5.38 Å². The topological polar surface area (TPSA) is 0 Å². The van der Waals surface area contributed by atoms with Gasteiger partial charge < -0.3 is 0 Å². The van der Waals surface area contributed by atoms with E-state index in [9.17, 15) is 0 Å². The summed E-state index contributed by atoms with van der Waals surface area (Å²) in [6, 6.07) is 5.97. The molecule has 0 radical (unpaired) electrons. The highest BCUT2D eigenvalue weighted by molar-refractivity contribution is 7.17. The summed E-state index contributed by atoms with van der Waals surface area (Å²) in [4.78, 5) is 2.33. The minimum Gasteiger partial charge on any atom is -0.147 e. The average Bonchev–Trinajstić information content (AvgIpc) is 2.73. The van der Waals surface area contributed by atoms with Crippen LogP contribution in [-0.4, -0.2) is 0 Å². The zero-order chi connectivity index (χ0) is 10.1. The second-order valence-electron chi connectivity index (χ2n) is 2.97. The first-order valence-electron chi connectivity index (χ1n) is 4.12. The van der Waals surface area contributed by atoms with Gasteiger partial charge in [0.15, 0.2) is 0 Å². The van der Waals surface area contributed by atoms with Crippen molar-refractivity contribution in [3.63, 3.8) is 0 Å². The van der Waals surface area contributed by atoms with Crippen LogP contribution in [0.25, 0.3) is 0 Å². The third-order valence-corrected chi connectivity index (χ3v) is 5.07. The van der Waals surface area contributed by atoms with E-state index in [2.05, 4.69) is 18.4 Å². The lowest BCUT2D eigenvalue weighted by Gasteiger charge is -2.05. The zero-order valence-electron chi connectivity index (χ0n) is 7.46. The van der Waals surface area contributed by atoms with Gasteiger partial charge in [-0.1, -0.05) is 11.6 Å². The molecule has 2 rings (SSSR count). The third-order valence-electron chi connectivity index (χ3n) is 1.98. The van der Waals surface area contributed by atoms with Crippen LogP contribution in [0.4, 0.5) is 0 Å². The first kappa shape index (κ1) is 10.5. The van der Waals surface area contributed by atoms with Crippen LogP contribution >= 0.6 is 45.9 Å². The Balaban J connectivity index is 2.33. The largest absolute Gasteiger partial charge is 0.147 e. The molecule has 0 fully saturated rings. The van der Waals surface area contributed by atoms with Gasteiger partial charge in [-0.15, -0.1) is 34.3 Å². The van der Waals surface area contributed by atoms with Gasteiger partial charge in [-0.05, 0) is 36.1 Å². The van der Waals surface area contributed by atoms with Crippen molar-refractivity contribution in [1.82, 2.24) is 0 Å². The van der Waals surface area contributed by atoms with Crippen molar-refractivity contribution in [3.05, 3.63) is 43.2 Å². The van der Waals surface area contributed by atoms with Gasteiger partial charge in [0.1, 0.15) is 5.38 Å². The number of hydrogen-bond donors (Lipinski definition) is 0. The SMILES string of the molecule is Cc1ccsc1C(Cl)c1ccc(Cl)s1. The molecule has 0 aliphatic rings. The van der Waals surface area contributed by atoms with E-state index in [4.69, 9.17) is 23.2 Å². The van der Waals surface area contributed by atoms with E-state index in [1.165, 1.54) is 10.4 Å². The Bertz CT molecular complexity index is 431. The lowest BCUT2D eigenvalue weighted by atomic mass is 10.2. The summed E-state index contributed by atoms with van der Waals surface area (Å²) in [7, 11) is 0. The Morgan fingerprint density at radius 2 is 2.07 bits per heavy atom. The van der Waals surface area contributed by atoms with E-state index in [1.807, 2.05) is 12.1 Å². The maximum absolute atomic E-state index is 6.35. The minimum atomic E-state index is -0.0486. The average molecular weight is 263 g/mol. The molecule has 0 saturated heterocycles. The molecule has 0 spiro atoms. The molecule has 0 N–H and O–H groups in total. The van der Waals surface area contributed by atoms with Crippen LogP contribution in [-0.2, 0) is 0 Å². The number of hydrogen-bond acceptors (Lipinski definition) is 2. The van der Waals surface area contributed by atoms with E-state index < -0.39 is 0 Å². The van der Waals surface area contributed by atoms with Crippen molar-refractivity contribution in [2.75, 3.05) is 0 Å². The predicted molar refractivity (Wildman–Crippen MR) is 66.1 cm³/mol. The van der Waals surface area contributed by atoms with Crippen molar-refractivity contribution < 1.29 is 0 Å². The molecule has 2 aromatic rings. The van der Waals surface area contributed by atoms with Crippen LogP contribution in [0.5, 0.6) is 0 Å². The fourth-order valence-corrected chi connectivity index (χ4v) is 3.81. The summed E-state index contributed by atoms with van der Waals surface area (Å²) >= 11 is 15.5. The van der Waals surface area contributed by atoms with Crippen LogP contribution in [0.1, 0.15) is 20.7 Å². The first-order valence-corrected chi connectivity index (χ1v) is 6.63. The number of rotatable bonds is 2. The molecule has 0 bridgehead atoms. The highest BCUT2D eigenvalue weighted by Gasteiger charge is 2.16. The first-order chi connectivity index (χ1) is 6.68. The molecule has 4 heteroatoms. The molecule has 0 aromatic carbocycles. The quantitative estimate of drug-likeness (QED) is 0.661. The number of halogens is 2. The van der Waals surface area contributed by atoms with Crippen LogP contribution in [0, 0.1) is 6.92 Å². The molecular weight excluding hydrogens is 255 g/mol. The van der Waals surface area contributed by atoms with Crippen LogP contribution < -0.4 is 0 Å². The second-order valence-corrected chi connectivity index (χ2v) is 6.10. The van der Waals surface area contributed by atoms with Gasteiger partial charge >= 0.3 is 0 Å².